The lowest BCUT2D eigenvalue weighted by atomic mass is 10.0. The van der Waals surface area contributed by atoms with Gasteiger partial charge in [-0.05, 0) is 31.4 Å². The zero-order valence-corrected chi connectivity index (χ0v) is 15.8. The molecule has 1 fully saturated rings. The average Bonchev–Trinajstić information content (AvgIpc) is 3.24. The van der Waals surface area contributed by atoms with Crippen molar-refractivity contribution >= 4 is 17.3 Å². The fraction of sp³-hybridized carbons (Fsp3) is 0.333. The standard InChI is InChI=1S/C18H16ClF3N6O/c19-15-13(27-8-2-1-3-12(27)16-23-6-7-24-16)10-26-28(17(15)29)14-5-4-11(9-25-14)18(20,21)22/h4-7,9-10,12H,1-3,8H2,(H,23,24)/t12-/m0/s1. The van der Waals surface area contributed by atoms with Crippen LogP contribution in [0.4, 0.5) is 18.9 Å². The van der Waals surface area contributed by atoms with Crippen LogP contribution >= 0.6 is 11.6 Å². The van der Waals surface area contributed by atoms with Gasteiger partial charge in [-0.1, -0.05) is 11.6 Å². The fourth-order valence-electron chi connectivity index (χ4n) is 3.43. The second-order valence-electron chi connectivity index (χ2n) is 6.64. The molecule has 1 N–H and O–H groups in total. The number of nitrogens with zero attached hydrogens (tertiary/aromatic N) is 5. The molecule has 0 amide bonds. The van der Waals surface area contributed by atoms with Crippen molar-refractivity contribution in [3.8, 4) is 5.82 Å². The molecular weight excluding hydrogens is 409 g/mol. The molecule has 3 aromatic heterocycles. The van der Waals surface area contributed by atoms with Gasteiger partial charge in [-0.15, -0.1) is 0 Å². The second-order valence-corrected chi connectivity index (χ2v) is 7.02. The Labute approximate surface area is 168 Å². The molecule has 0 aromatic carbocycles. The van der Waals surface area contributed by atoms with Gasteiger partial charge in [0.25, 0.3) is 5.56 Å². The number of aromatic nitrogens is 5. The first-order valence-corrected chi connectivity index (χ1v) is 9.31. The molecule has 0 spiro atoms. The van der Waals surface area contributed by atoms with Gasteiger partial charge < -0.3 is 9.88 Å². The van der Waals surface area contributed by atoms with Crippen molar-refractivity contribution in [3.63, 3.8) is 0 Å². The van der Waals surface area contributed by atoms with E-state index in [-0.39, 0.29) is 16.9 Å². The van der Waals surface area contributed by atoms with Gasteiger partial charge in [0, 0.05) is 25.1 Å². The molecule has 1 saturated heterocycles. The van der Waals surface area contributed by atoms with E-state index in [4.69, 9.17) is 11.6 Å². The van der Waals surface area contributed by atoms with Gasteiger partial charge in [0.2, 0.25) is 0 Å². The van der Waals surface area contributed by atoms with Crippen molar-refractivity contribution in [2.24, 2.45) is 0 Å². The first kappa shape index (κ1) is 19.4. The lowest BCUT2D eigenvalue weighted by Gasteiger charge is -2.36. The summed E-state index contributed by atoms with van der Waals surface area (Å²) in [6.45, 7) is 0.675. The number of nitrogens with one attached hydrogen (secondary N) is 1. The van der Waals surface area contributed by atoms with Crippen LogP contribution in [0.15, 0.2) is 41.7 Å². The number of piperidine rings is 1. The number of hydrogen-bond acceptors (Lipinski definition) is 5. The first-order valence-electron chi connectivity index (χ1n) is 8.93. The maximum atomic E-state index is 12.8. The molecule has 11 heteroatoms. The van der Waals surface area contributed by atoms with Crippen LogP contribution in [0.25, 0.3) is 5.82 Å². The van der Waals surface area contributed by atoms with Crippen LogP contribution in [0.2, 0.25) is 5.02 Å². The van der Waals surface area contributed by atoms with Crippen LogP contribution in [0.3, 0.4) is 0 Å². The summed E-state index contributed by atoms with van der Waals surface area (Å²) >= 11 is 6.36. The largest absolute Gasteiger partial charge is 0.417 e. The summed E-state index contributed by atoms with van der Waals surface area (Å²) in [4.78, 5) is 25.9. The van der Waals surface area contributed by atoms with E-state index in [1.54, 1.807) is 12.4 Å². The molecule has 4 heterocycles. The van der Waals surface area contributed by atoms with E-state index in [1.807, 2.05) is 4.90 Å². The third-order valence-corrected chi connectivity index (χ3v) is 5.20. The zero-order chi connectivity index (χ0) is 20.6. The number of H-pyrrole nitrogens is 1. The fourth-order valence-corrected chi connectivity index (χ4v) is 3.67. The molecule has 1 aliphatic heterocycles. The molecule has 7 nitrogen and oxygen atoms in total. The molecule has 4 rings (SSSR count). The Morgan fingerprint density at radius 1 is 1.17 bits per heavy atom. The van der Waals surface area contributed by atoms with Crippen LogP contribution in [0.5, 0.6) is 0 Å². The predicted molar refractivity (Wildman–Crippen MR) is 100 cm³/mol. The zero-order valence-electron chi connectivity index (χ0n) is 15.0. The Kier molecular flexibility index (Phi) is 5.03. The van der Waals surface area contributed by atoms with Crippen molar-refractivity contribution in [1.82, 2.24) is 24.7 Å². The summed E-state index contributed by atoms with van der Waals surface area (Å²) in [5.74, 6) is 0.729. The molecule has 0 bridgehead atoms. The second kappa shape index (κ2) is 7.51. The van der Waals surface area contributed by atoms with Crippen molar-refractivity contribution in [2.75, 3.05) is 11.4 Å². The number of pyridine rings is 1. The van der Waals surface area contributed by atoms with Gasteiger partial charge in [-0.2, -0.15) is 23.0 Å². The minimum Gasteiger partial charge on any atom is -0.359 e. The Morgan fingerprint density at radius 3 is 2.66 bits per heavy atom. The van der Waals surface area contributed by atoms with E-state index >= 15 is 0 Å². The summed E-state index contributed by atoms with van der Waals surface area (Å²) in [5.41, 5.74) is -1.10. The van der Waals surface area contributed by atoms with E-state index in [2.05, 4.69) is 20.1 Å². The van der Waals surface area contributed by atoms with Crippen molar-refractivity contribution in [2.45, 2.75) is 31.5 Å². The molecular formula is C18H16ClF3N6O. The number of hydrogen-bond donors (Lipinski definition) is 1. The normalized spacial score (nSPS) is 17.5. The number of anilines is 1. The van der Waals surface area contributed by atoms with Crippen LogP contribution in [0, 0.1) is 0 Å². The minimum atomic E-state index is -4.51. The van der Waals surface area contributed by atoms with Gasteiger partial charge in [-0.25, -0.2) is 9.97 Å². The number of alkyl halides is 3. The maximum absolute atomic E-state index is 12.8. The minimum absolute atomic E-state index is 0.0438. The Morgan fingerprint density at radius 2 is 2.00 bits per heavy atom. The SMILES string of the molecule is O=c1c(Cl)c(N2CCCC[C@H]2c2ncc[nH]2)cnn1-c1ccc(C(F)(F)F)cn1. The summed E-state index contributed by atoms with van der Waals surface area (Å²) in [6.07, 6.45) is 3.75. The van der Waals surface area contributed by atoms with Crippen molar-refractivity contribution in [1.29, 1.82) is 0 Å². The van der Waals surface area contributed by atoms with Gasteiger partial charge in [-0.3, -0.25) is 4.79 Å². The highest BCUT2D eigenvalue weighted by Crippen LogP contribution is 2.35. The van der Waals surface area contributed by atoms with Crippen molar-refractivity contribution < 1.29 is 13.2 Å². The van der Waals surface area contributed by atoms with E-state index in [9.17, 15) is 18.0 Å². The molecule has 29 heavy (non-hydrogen) atoms. The van der Waals surface area contributed by atoms with E-state index in [0.29, 0.717) is 18.4 Å². The van der Waals surface area contributed by atoms with Crippen LogP contribution < -0.4 is 10.5 Å². The highest BCUT2D eigenvalue weighted by molar-refractivity contribution is 6.33. The van der Waals surface area contributed by atoms with E-state index in [1.165, 1.54) is 6.20 Å². The van der Waals surface area contributed by atoms with Gasteiger partial charge in [0.15, 0.2) is 5.82 Å². The van der Waals surface area contributed by atoms with Crippen molar-refractivity contribution in [3.05, 3.63) is 63.7 Å². The highest BCUT2D eigenvalue weighted by Gasteiger charge is 2.31. The first-order chi connectivity index (χ1) is 13.9. The molecule has 0 unspecified atom stereocenters. The third-order valence-electron chi connectivity index (χ3n) is 4.84. The summed E-state index contributed by atoms with van der Waals surface area (Å²) < 4.78 is 39.0. The molecule has 152 valence electrons. The molecule has 0 radical (unpaired) electrons. The lowest BCUT2D eigenvalue weighted by molar-refractivity contribution is -0.137. The topological polar surface area (TPSA) is 79.7 Å². The maximum Gasteiger partial charge on any atom is 0.417 e. The quantitative estimate of drug-likeness (QED) is 0.692. The van der Waals surface area contributed by atoms with Gasteiger partial charge in [0.05, 0.1) is 23.5 Å². The highest BCUT2D eigenvalue weighted by atomic mass is 35.5. The van der Waals surface area contributed by atoms with Gasteiger partial charge in [0.1, 0.15) is 10.8 Å². The Bertz CT molecular complexity index is 1050. The number of halogens is 4. The average molecular weight is 425 g/mol. The molecule has 0 saturated carbocycles. The van der Waals surface area contributed by atoms with Crippen LogP contribution in [-0.2, 0) is 6.18 Å². The molecule has 1 aliphatic rings. The molecule has 0 aliphatic carbocycles. The Hall–Kier alpha value is -2.88. The summed E-state index contributed by atoms with van der Waals surface area (Å²) in [5, 5.41) is 4.03. The van der Waals surface area contributed by atoms with E-state index < -0.39 is 17.3 Å². The monoisotopic (exact) mass is 424 g/mol. The summed E-state index contributed by atoms with van der Waals surface area (Å²) in [6, 6.07) is 1.85. The molecule has 1 atom stereocenters. The predicted octanol–water partition coefficient (Wildman–Crippen LogP) is 3.75. The van der Waals surface area contributed by atoms with Gasteiger partial charge >= 0.3 is 6.18 Å². The van der Waals surface area contributed by atoms with Crippen LogP contribution in [-0.4, -0.2) is 31.3 Å². The van der Waals surface area contributed by atoms with Crippen LogP contribution in [0.1, 0.15) is 36.7 Å². The number of rotatable bonds is 3. The van der Waals surface area contributed by atoms with E-state index in [0.717, 1.165) is 41.9 Å². The third kappa shape index (κ3) is 3.71. The molecule has 3 aromatic rings. The lowest BCUT2D eigenvalue weighted by Crippen LogP contribution is -2.36. The number of imidazole rings is 1. The smallest absolute Gasteiger partial charge is 0.359 e. The summed E-state index contributed by atoms with van der Waals surface area (Å²) in [7, 11) is 0. The number of aromatic amines is 1. The Balaban J connectivity index is 1.69.